The fourth-order valence-electron chi connectivity index (χ4n) is 1.31. The van der Waals surface area contributed by atoms with Crippen LogP contribution >= 0.6 is 0 Å². The third-order valence-corrected chi connectivity index (χ3v) is 5.31. The first-order chi connectivity index (χ1) is 11.9. The van der Waals surface area contributed by atoms with Gasteiger partial charge in [0.1, 0.15) is 0 Å². The van der Waals surface area contributed by atoms with Crippen LogP contribution < -0.4 is 0 Å². The molecule has 5 nitrogen and oxygen atoms in total. The fraction of sp³-hybridized carbons (Fsp3) is 0.400. The lowest BCUT2D eigenvalue weighted by molar-refractivity contribution is -0.193. The maximum atomic E-state index is 12.0. The van der Waals surface area contributed by atoms with Crippen molar-refractivity contribution in [2.75, 3.05) is 0 Å². The minimum atomic E-state index is -5.77. The van der Waals surface area contributed by atoms with E-state index in [1.54, 1.807) is 20.8 Å². The second-order valence-corrected chi connectivity index (χ2v) is 8.58. The Balaban J connectivity index is 0.000000516. The zero-order valence-electron chi connectivity index (χ0n) is 14.1. The summed E-state index contributed by atoms with van der Waals surface area (Å²) in [6, 6.07) is 6.00. The number of ketones is 2. The number of hydrogen-bond acceptors (Lipinski definition) is 4. The monoisotopic (exact) mass is 417 g/mol. The molecule has 150 valence electrons. The summed E-state index contributed by atoms with van der Waals surface area (Å²) >= 11 is 0. The van der Waals surface area contributed by atoms with Gasteiger partial charge < -0.3 is 0 Å². The summed E-state index contributed by atoms with van der Waals surface area (Å²) in [5.41, 5.74) is 0.447. The molecular formula is C15H13F6NO4S. The quantitative estimate of drug-likeness (QED) is 0.413. The number of halogens is 6. The molecule has 0 unspecified atom stereocenters. The number of alkyl halides is 6. The Kier molecular flexibility index (Phi) is 7.35. The molecule has 0 aliphatic carbocycles. The Morgan fingerprint density at radius 1 is 0.852 bits per heavy atom. The van der Waals surface area contributed by atoms with Gasteiger partial charge in [-0.1, -0.05) is 24.3 Å². The van der Waals surface area contributed by atoms with Crippen LogP contribution in [-0.4, -0.2) is 37.1 Å². The third kappa shape index (κ3) is 6.67. The van der Waals surface area contributed by atoms with E-state index in [-0.39, 0.29) is 4.90 Å². The zero-order valence-corrected chi connectivity index (χ0v) is 14.9. The smallest absolute Gasteiger partial charge is 0.280 e. The van der Waals surface area contributed by atoms with Crippen molar-refractivity contribution >= 4 is 27.1 Å². The van der Waals surface area contributed by atoms with E-state index >= 15 is 0 Å². The number of carbonyl (C=O) groups is 2. The zero-order chi connectivity index (χ0) is 21.8. The van der Waals surface area contributed by atoms with Crippen molar-refractivity contribution in [1.82, 2.24) is 0 Å². The molecule has 1 aromatic rings. The summed E-state index contributed by atoms with van der Waals surface area (Å²) in [5, 5.41) is 0. The molecule has 27 heavy (non-hydrogen) atoms. The van der Waals surface area contributed by atoms with Crippen LogP contribution in [0.3, 0.4) is 0 Å². The highest BCUT2D eigenvalue weighted by atomic mass is 32.2. The van der Waals surface area contributed by atoms with Crippen molar-refractivity contribution in [3.8, 4) is 0 Å². The van der Waals surface area contributed by atoms with Gasteiger partial charge in [-0.2, -0.15) is 26.3 Å². The van der Waals surface area contributed by atoms with Crippen LogP contribution in [-0.2, 0) is 19.4 Å². The lowest BCUT2D eigenvalue weighted by atomic mass is 10.2. The molecule has 0 N–H and O–H groups in total. The average molecular weight is 417 g/mol. The minimum absolute atomic E-state index is 0.266. The Morgan fingerprint density at radius 2 is 1.19 bits per heavy atom. The van der Waals surface area contributed by atoms with E-state index in [1.165, 1.54) is 24.3 Å². The minimum Gasteiger partial charge on any atom is -0.280 e. The molecular weight excluding hydrogens is 404 g/mol. The first-order valence-corrected chi connectivity index (χ1v) is 8.29. The van der Waals surface area contributed by atoms with Crippen molar-refractivity contribution in [2.45, 2.75) is 42.8 Å². The average Bonchev–Trinajstić information content (AvgIpc) is 2.51. The molecule has 0 radical (unpaired) electrons. The second-order valence-electron chi connectivity index (χ2n) is 5.88. The van der Waals surface area contributed by atoms with Gasteiger partial charge in [-0.15, -0.1) is 0 Å². The SMILES string of the molecule is O=C(C(=O)C(F)(F)F)C(F)(F)F.[C-]#[N+]c1ccc(S(=O)(=O)C(C)(C)C)cc1. The van der Waals surface area contributed by atoms with Crippen LogP contribution in [0.1, 0.15) is 20.8 Å². The Bertz CT molecular complexity index is 817. The highest BCUT2D eigenvalue weighted by Crippen LogP contribution is 2.26. The Hall–Kier alpha value is -2.42. The van der Waals surface area contributed by atoms with E-state index in [2.05, 4.69) is 4.85 Å². The molecule has 0 amide bonds. The van der Waals surface area contributed by atoms with Gasteiger partial charge >= 0.3 is 23.9 Å². The van der Waals surface area contributed by atoms with Gasteiger partial charge in [0.15, 0.2) is 15.5 Å². The van der Waals surface area contributed by atoms with Gasteiger partial charge in [0.05, 0.1) is 16.2 Å². The van der Waals surface area contributed by atoms with E-state index in [0.717, 1.165) is 0 Å². The van der Waals surface area contributed by atoms with Crippen molar-refractivity contribution in [3.63, 3.8) is 0 Å². The molecule has 0 saturated carbocycles. The number of benzene rings is 1. The molecule has 0 heterocycles. The molecule has 0 aliphatic heterocycles. The summed E-state index contributed by atoms with van der Waals surface area (Å²) < 4.78 is 90.1. The van der Waals surface area contributed by atoms with Crippen molar-refractivity contribution in [3.05, 3.63) is 35.7 Å². The van der Waals surface area contributed by atoms with E-state index in [1.807, 2.05) is 0 Å². The molecule has 12 heteroatoms. The molecule has 0 aliphatic rings. The van der Waals surface area contributed by atoms with Gasteiger partial charge in [0.25, 0.3) is 0 Å². The highest BCUT2D eigenvalue weighted by molar-refractivity contribution is 7.92. The van der Waals surface area contributed by atoms with Crippen LogP contribution in [0.5, 0.6) is 0 Å². The summed E-state index contributed by atoms with van der Waals surface area (Å²) in [6.45, 7) is 11.7. The van der Waals surface area contributed by atoms with E-state index in [9.17, 15) is 44.3 Å². The van der Waals surface area contributed by atoms with E-state index in [0.29, 0.717) is 5.69 Å². The molecule has 0 spiro atoms. The highest BCUT2D eigenvalue weighted by Gasteiger charge is 2.54. The van der Waals surface area contributed by atoms with E-state index in [4.69, 9.17) is 6.57 Å². The lowest BCUT2D eigenvalue weighted by Gasteiger charge is -2.19. The number of sulfone groups is 1. The standard InChI is InChI=1S/C11H13NO2S.C4F6O2/c1-11(2,3)15(13,14)10-7-5-9(12-4)6-8-10;5-3(6,7)1(11)2(12)4(8,9)10/h5-8H,1-3H3;. The van der Waals surface area contributed by atoms with Crippen LogP contribution in [0.25, 0.3) is 4.85 Å². The molecule has 0 aromatic heterocycles. The van der Waals surface area contributed by atoms with Crippen LogP contribution in [0.2, 0.25) is 0 Å². The largest absolute Gasteiger partial charge is 0.458 e. The molecule has 0 bridgehead atoms. The summed E-state index contributed by atoms with van der Waals surface area (Å²) in [5.74, 6) is -6.81. The number of nitrogens with zero attached hydrogens (tertiary/aromatic N) is 1. The van der Waals surface area contributed by atoms with Gasteiger partial charge in [-0.3, -0.25) is 9.59 Å². The van der Waals surface area contributed by atoms with Crippen molar-refractivity contribution in [2.24, 2.45) is 0 Å². The number of carbonyl (C=O) groups excluding carboxylic acids is 2. The first kappa shape index (κ1) is 24.6. The Labute approximate surface area is 150 Å². The number of hydrogen-bond donors (Lipinski definition) is 0. The van der Waals surface area contributed by atoms with Crippen LogP contribution in [0.4, 0.5) is 32.0 Å². The maximum absolute atomic E-state index is 12.0. The molecule has 1 rings (SSSR count). The fourth-order valence-corrected chi connectivity index (χ4v) is 2.51. The molecule has 0 atom stereocenters. The van der Waals surface area contributed by atoms with Gasteiger partial charge in [0, 0.05) is 0 Å². The van der Waals surface area contributed by atoms with Gasteiger partial charge in [0.2, 0.25) is 0 Å². The van der Waals surface area contributed by atoms with Crippen molar-refractivity contribution in [1.29, 1.82) is 0 Å². The normalized spacial score (nSPS) is 12.4. The lowest BCUT2D eigenvalue weighted by Crippen LogP contribution is -2.39. The number of Topliss-reactive ketones (excluding diaryl/α,β-unsaturated/α-hetero) is 2. The predicted octanol–water partition coefficient (Wildman–Crippen LogP) is 4.06. The van der Waals surface area contributed by atoms with Crippen LogP contribution in [0, 0.1) is 6.57 Å². The first-order valence-electron chi connectivity index (χ1n) is 6.80. The third-order valence-electron chi connectivity index (χ3n) is 2.80. The summed E-state index contributed by atoms with van der Waals surface area (Å²) in [7, 11) is -3.30. The van der Waals surface area contributed by atoms with Crippen molar-refractivity contribution < 1.29 is 44.3 Å². The van der Waals surface area contributed by atoms with Gasteiger partial charge in [-0.05, 0) is 20.8 Å². The molecule has 1 aromatic carbocycles. The predicted molar refractivity (Wildman–Crippen MR) is 81.8 cm³/mol. The molecule has 0 fully saturated rings. The number of rotatable bonds is 2. The summed E-state index contributed by atoms with van der Waals surface area (Å²) in [4.78, 5) is 22.7. The van der Waals surface area contributed by atoms with E-state index < -0.39 is 38.5 Å². The molecule has 0 saturated heterocycles. The van der Waals surface area contributed by atoms with Gasteiger partial charge in [-0.25, -0.2) is 13.3 Å². The second kappa shape index (κ2) is 8.08. The Morgan fingerprint density at radius 3 is 1.41 bits per heavy atom. The summed E-state index contributed by atoms with van der Waals surface area (Å²) in [6.07, 6.45) is -11.5. The van der Waals surface area contributed by atoms with Crippen LogP contribution in [0.15, 0.2) is 29.2 Å². The maximum Gasteiger partial charge on any atom is 0.458 e. The topological polar surface area (TPSA) is 72.6 Å².